The largest absolute Gasteiger partial charge is 0.193 e. The van der Waals surface area contributed by atoms with Crippen LogP contribution in [0.3, 0.4) is 0 Å². The number of aryl methyl sites for hydroxylation is 2. The molecule has 0 aliphatic heterocycles. The second-order valence-electron chi connectivity index (χ2n) is 3.38. The van der Waals surface area contributed by atoms with E-state index in [0.717, 1.165) is 15.6 Å². The molecule has 72 valence electrons. The van der Waals surface area contributed by atoms with Gasteiger partial charge in [-0.25, -0.2) is 0 Å². The Labute approximate surface area is 93.2 Å². The van der Waals surface area contributed by atoms with E-state index in [1.165, 1.54) is 11.1 Å². The van der Waals surface area contributed by atoms with Crippen molar-refractivity contribution >= 4 is 21.5 Å². The van der Waals surface area contributed by atoms with Crippen LogP contribution in [-0.4, -0.2) is 0 Å². The first-order chi connectivity index (χ1) is 6.56. The van der Waals surface area contributed by atoms with E-state index in [9.17, 15) is 0 Å². The first-order valence-electron chi connectivity index (χ1n) is 4.39. The fraction of sp³-hybridized carbons (Fsp3) is 0.250. The number of allylic oxidation sites excluding steroid dienone is 2. The quantitative estimate of drug-likeness (QED) is 0.691. The molecule has 0 bridgehead atoms. The van der Waals surface area contributed by atoms with Gasteiger partial charge in [-0.1, -0.05) is 28.1 Å². The fourth-order valence-corrected chi connectivity index (χ4v) is 1.58. The summed E-state index contributed by atoms with van der Waals surface area (Å²) in [6.45, 7) is 6.06. The molecule has 0 saturated carbocycles. The highest BCUT2D eigenvalue weighted by Gasteiger charge is 2.03. The lowest BCUT2D eigenvalue weighted by molar-refractivity contribution is 1.32. The average molecular weight is 250 g/mol. The van der Waals surface area contributed by atoms with Gasteiger partial charge in [-0.05, 0) is 43.0 Å². The maximum atomic E-state index is 8.56. The molecule has 14 heavy (non-hydrogen) atoms. The third-order valence-electron chi connectivity index (χ3n) is 2.17. The summed E-state index contributed by atoms with van der Waals surface area (Å²) in [5.74, 6) is 0. The molecule has 0 fully saturated rings. The molecule has 0 saturated heterocycles. The lowest BCUT2D eigenvalue weighted by Gasteiger charge is -2.07. The van der Waals surface area contributed by atoms with Crippen molar-refractivity contribution in [3.63, 3.8) is 0 Å². The zero-order valence-electron chi connectivity index (χ0n) is 8.56. The van der Waals surface area contributed by atoms with Crippen molar-refractivity contribution in [2.45, 2.75) is 20.8 Å². The van der Waals surface area contributed by atoms with Crippen LogP contribution in [0.1, 0.15) is 23.6 Å². The Morgan fingerprint density at radius 1 is 1.36 bits per heavy atom. The molecule has 2 heteroatoms. The van der Waals surface area contributed by atoms with Crippen LogP contribution in [0, 0.1) is 25.2 Å². The van der Waals surface area contributed by atoms with E-state index in [0.29, 0.717) is 0 Å². The molecule has 0 unspecified atom stereocenters. The molecule has 0 amide bonds. The van der Waals surface area contributed by atoms with E-state index in [1.54, 1.807) is 6.08 Å². The maximum Gasteiger partial charge on any atom is 0.0915 e. The molecular weight excluding hydrogens is 238 g/mol. The number of benzene rings is 1. The third kappa shape index (κ3) is 2.24. The molecule has 1 nitrogen and oxygen atoms in total. The summed E-state index contributed by atoms with van der Waals surface area (Å²) in [6, 6.07) is 6.21. The molecule has 0 aliphatic rings. The molecule has 0 radical (unpaired) electrons. The second kappa shape index (κ2) is 4.43. The van der Waals surface area contributed by atoms with Crippen molar-refractivity contribution in [2.24, 2.45) is 0 Å². The summed E-state index contributed by atoms with van der Waals surface area (Å²) < 4.78 is 1.14. The minimum absolute atomic E-state index is 1.01. The van der Waals surface area contributed by atoms with Crippen molar-refractivity contribution in [2.75, 3.05) is 0 Å². The van der Waals surface area contributed by atoms with Crippen LogP contribution < -0.4 is 0 Å². The van der Waals surface area contributed by atoms with Crippen molar-refractivity contribution in [1.29, 1.82) is 5.26 Å². The van der Waals surface area contributed by atoms with Crippen molar-refractivity contribution in [3.05, 3.63) is 39.4 Å². The molecule has 1 aromatic rings. The molecule has 0 N–H and O–H groups in total. The Bertz CT molecular complexity index is 401. The highest BCUT2D eigenvalue weighted by molar-refractivity contribution is 9.10. The summed E-state index contributed by atoms with van der Waals surface area (Å²) in [5, 5.41) is 8.56. The molecule has 0 aromatic heterocycles. The lowest BCUT2D eigenvalue weighted by atomic mass is 10.0. The number of hydrogen-bond acceptors (Lipinski definition) is 1. The SMILES string of the molecule is C/C(=C/C#N)c1cc(C)c(Br)c(C)c1. The predicted molar refractivity (Wildman–Crippen MR) is 62.9 cm³/mol. The molecule has 0 spiro atoms. The predicted octanol–water partition coefficient (Wildman–Crippen LogP) is 3.99. The van der Waals surface area contributed by atoms with Crippen LogP contribution in [0.2, 0.25) is 0 Å². The standard InChI is InChI=1S/C12H12BrN/c1-8(4-5-14)11-6-9(2)12(13)10(3)7-11/h4,6-7H,1-3H3/b8-4-. The average Bonchev–Trinajstić information content (AvgIpc) is 2.13. The van der Waals surface area contributed by atoms with E-state index in [1.807, 2.05) is 13.0 Å². The summed E-state index contributed by atoms with van der Waals surface area (Å²) >= 11 is 3.52. The van der Waals surface area contributed by atoms with Crippen LogP contribution in [-0.2, 0) is 0 Å². The summed E-state index contributed by atoms with van der Waals surface area (Å²) in [4.78, 5) is 0. The first-order valence-corrected chi connectivity index (χ1v) is 5.19. The Kier molecular flexibility index (Phi) is 3.49. The van der Waals surface area contributed by atoms with E-state index in [-0.39, 0.29) is 0 Å². The van der Waals surface area contributed by atoms with Crippen LogP contribution in [0.25, 0.3) is 5.57 Å². The summed E-state index contributed by atoms with van der Waals surface area (Å²) in [5.41, 5.74) is 4.52. The number of rotatable bonds is 1. The number of halogens is 1. The van der Waals surface area contributed by atoms with Gasteiger partial charge in [0.1, 0.15) is 0 Å². The van der Waals surface area contributed by atoms with Gasteiger partial charge >= 0.3 is 0 Å². The minimum atomic E-state index is 1.01. The van der Waals surface area contributed by atoms with Gasteiger partial charge in [-0.2, -0.15) is 5.26 Å². The van der Waals surface area contributed by atoms with E-state index < -0.39 is 0 Å². The van der Waals surface area contributed by atoms with Gasteiger partial charge in [-0.15, -0.1) is 0 Å². The van der Waals surface area contributed by atoms with Crippen LogP contribution in [0.15, 0.2) is 22.7 Å². The summed E-state index contributed by atoms with van der Waals surface area (Å²) in [6.07, 6.45) is 1.57. The van der Waals surface area contributed by atoms with Crippen LogP contribution in [0.5, 0.6) is 0 Å². The molecule has 0 aliphatic carbocycles. The zero-order chi connectivity index (χ0) is 10.7. The number of nitrogens with zero attached hydrogens (tertiary/aromatic N) is 1. The lowest BCUT2D eigenvalue weighted by Crippen LogP contribution is -1.87. The topological polar surface area (TPSA) is 23.8 Å². The molecule has 1 aromatic carbocycles. The highest BCUT2D eigenvalue weighted by atomic mass is 79.9. The maximum absolute atomic E-state index is 8.56. The Morgan fingerprint density at radius 2 is 1.86 bits per heavy atom. The van der Waals surface area contributed by atoms with E-state index in [2.05, 4.69) is 41.9 Å². The molecule has 1 rings (SSSR count). The van der Waals surface area contributed by atoms with E-state index >= 15 is 0 Å². The van der Waals surface area contributed by atoms with Crippen molar-refractivity contribution in [1.82, 2.24) is 0 Å². The fourth-order valence-electron chi connectivity index (χ4n) is 1.35. The Morgan fingerprint density at radius 3 is 2.29 bits per heavy atom. The van der Waals surface area contributed by atoms with Gasteiger partial charge in [0.15, 0.2) is 0 Å². The molecule has 0 atom stereocenters. The van der Waals surface area contributed by atoms with Crippen molar-refractivity contribution < 1.29 is 0 Å². The Balaban J connectivity index is 3.27. The van der Waals surface area contributed by atoms with Gasteiger partial charge in [0.25, 0.3) is 0 Å². The first kappa shape index (κ1) is 11.0. The van der Waals surface area contributed by atoms with Gasteiger partial charge in [-0.3, -0.25) is 0 Å². The molecule has 0 heterocycles. The van der Waals surface area contributed by atoms with Crippen LogP contribution in [0.4, 0.5) is 0 Å². The second-order valence-corrected chi connectivity index (χ2v) is 4.17. The normalized spacial score (nSPS) is 11.2. The molecular formula is C12H12BrN. The van der Waals surface area contributed by atoms with E-state index in [4.69, 9.17) is 5.26 Å². The zero-order valence-corrected chi connectivity index (χ0v) is 10.1. The monoisotopic (exact) mass is 249 g/mol. The minimum Gasteiger partial charge on any atom is -0.193 e. The Hall–Kier alpha value is -1.07. The van der Waals surface area contributed by atoms with Crippen molar-refractivity contribution in [3.8, 4) is 6.07 Å². The van der Waals surface area contributed by atoms with Gasteiger partial charge in [0, 0.05) is 10.5 Å². The smallest absolute Gasteiger partial charge is 0.0915 e. The van der Waals surface area contributed by atoms with Gasteiger partial charge in [0.05, 0.1) is 6.07 Å². The van der Waals surface area contributed by atoms with Gasteiger partial charge in [0.2, 0.25) is 0 Å². The summed E-state index contributed by atoms with van der Waals surface area (Å²) in [7, 11) is 0. The highest BCUT2D eigenvalue weighted by Crippen LogP contribution is 2.25. The number of hydrogen-bond donors (Lipinski definition) is 0. The van der Waals surface area contributed by atoms with Gasteiger partial charge < -0.3 is 0 Å². The van der Waals surface area contributed by atoms with Crippen LogP contribution >= 0.6 is 15.9 Å². The third-order valence-corrected chi connectivity index (χ3v) is 3.42. The number of nitriles is 1.